The van der Waals surface area contributed by atoms with E-state index < -0.39 is 30.0 Å². The highest BCUT2D eigenvalue weighted by atomic mass is 19.1. The van der Waals surface area contributed by atoms with Crippen LogP contribution in [0.25, 0.3) is 0 Å². The van der Waals surface area contributed by atoms with Crippen molar-refractivity contribution in [3.63, 3.8) is 0 Å². The van der Waals surface area contributed by atoms with Gasteiger partial charge in [-0.2, -0.15) is 0 Å². The summed E-state index contributed by atoms with van der Waals surface area (Å²) in [5.74, 6) is -1.35. The molecule has 0 spiro atoms. The number of hydrogen-bond acceptors (Lipinski definition) is 5. The highest BCUT2D eigenvalue weighted by molar-refractivity contribution is 5.94. The van der Waals surface area contributed by atoms with Crippen molar-refractivity contribution in [1.82, 2.24) is 15.5 Å². The topological polar surface area (TPSA) is 90.9 Å². The molecule has 3 N–H and O–H groups in total. The first kappa shape index (κ1) is 22.0. The van der Waals surface area contributed by atoms with Crippen LogP contribution in [0.3, 0.4) is 0 Å². The van der Waals surface area contributed by atoms with Crippen LogP contribution < -0.4 is 10.6 Å². The monoisotopic (exact) mass is 393 g/mol. The molecule has 154 valence electrons. The average Bonchev–Trinajstić information content (AvgIpc) is 2.66. The van der Waals surface area contributed by atoms with Crippen LogP contribution in [0.4, 0.5) is 4.39 Å². The molecule has 1 aliphatic heterocycles. The molecule has 0 saturated carbocycles. The van der Waals surface area contributed by atoms with E-state index in [1.165, 1.54) is 18.2 Å². The van der Waals surface area contributed by atoms with E-state index in [9.17, 15) is 19.1 Å². The fourth-order valence-electron chi connectivity index (χ4n) is 2.89. The Labute approximate surface area is 164 Å². The van der Waals surface area contributed by atoms with Gasteiger partial charge in [0, 0.05) is 6.54 Å². The number of carbonyl (C=O) groups is 2. The molecule has 0 bridgehead atoms. The van der Waals surface area contributed by atoms with Crippen LogP contribution in [0.15, 0.2) is 36.4 Å². The van der Waals surface area contributed by atoms with E-state index in [4.69, 9.17) is 4.74 Å². The average molecular weight is 393 g/mol. The summed E-state index contributed by atoms with van der Waals surface area (Å²) in [5.41, 5.74) is -0.0770. The molecule has 1 aromatic rings. The van der Waals surface area contributed by atoms with Crippen LogP contribution in [-0.2, 0) is 9.53 Å². The Morgan fingerprint density at radius 2 is 2.00 bits per heavy atom. The lowest BCUT2D eigenvalue weighted by Crippen LogP contribution is -2.49. The van der Waals surface area contributed by atoms with Crippen molar-refractivity contribution in [2.45, 2.75) is 31.1 Å². The van der Waals surface area contributed by atoms with Crippen LogP contribution in [0, 0.1) is 5.82 Å². The van der Waals surface area contributed by atoms with Gasteiger partial charge in [-0.15, -0.1) is 0 Å². The van der Waals surface area contributed by atoms with E-state index in [0.717, 1.165) is 13.0 Å². The number of benzene rings is 1. The third kappa shape index (κ3) is 6.70. The van der Waals surface area contributed by atoms with Crippen LogP contribution in [0.1, 0.15) is 23.2 Å². The molecule has 0 fully saturated rings. The van der Waals surface area contributed by atoms with E-state index in [1.807, 2.05) is 19.0 Å². The normalized spacial score (nSPS) is 21.5. The van der Waals surface area contributed by atoms with Crippen molar-refractivity contribution in [3.05, 3.63) is 47.8 Å². The largest absolute Gasteiger partial charge is 0.394 e. The summed E-state index contributed by atoms with van der Waals surface area (Å²) < 4.78 is 19.5. The summed E-state index contributed by atoms with van der Waals surface area (Å²) in [5, 5.41) is 15.1. The zero-order chi connectivity index (χ0) is 20.5. The first-order valence-corrected chi connectivity index (χ1v) is 9.32. The van der Waals surface area contributed by atoms with Crippen molar-refractivity contribution < 1.29 is 23.8 Å². The smallest absolute Gasteiger partial charge is 0.254 e. The molecule has 1 heterocycles. The van der Waals surface area contributed by atoms with Gasteiger partial charge in [0.25, 0.3) is 5.91 Å². The van der Waals surface area contributed by atoms with Crippen molar-refractivity contribution in [2.24, 2.45) is 0 Å². The number of ether oxygens (including phenoxy) is 1. The number of nitrogens with one attached hydrogen (secondary N) is 2. The first-order chi connectivity index (χ1) is 13.4. The second-order valence-electron chi connectivity index (χ2n) is 6.97. The van der Waals surface area contributed by atoms with Crippen LogP contribution in [0.5, 0.6) is 0 Å². The van der Waals surface area contributed by atoms with Gasteiger partial charge in [0.2, 0.25) is 5.91 Å². The number of rotatable bonds is 9. The number of halogens is 1. The van der Waals surface area contributed by atoms with E-state index in [1.54, 1.807) is 18.2 Å². The minimum Gasteiger partial charge on any atom is -0.394 e. The first-order valence-electron chi connectivity index (χ1n) is 9.32. The molecule has 1 aliphatic rings. The molecule has 1 aromatic carbocycles. The van der Waals surface area contributed by atoms with Gasteiger partial charge < -0.3 is 25.4 Å². The highest BCUT2D eigenvalue weighted by Crippen LogP contribution is 2.17. The van der Waals surface area contributed by atoms with Crippen LogP contribution in [-0.4, -0.2) is 73.9 Å². The second kappa shape index (κ2) is 10.9. The molecule has 8 heteroatoms. The van der Waals surface area contributed by atoms with E-state index in [2.05, 4.69) is 10.6 Å². The molecule has 0 aliphatic carbocycles. The Balaban J connectivity index is 1.86. The lowest BCUT2D eigenvalue weighted by molar-refractivity contribution is -0.125. The van der Waals surface area contributed by atoms with Gasteiger partial charge in [0.15, 0.2) is 0 Å². The number of carbonyl (C=O) groups excluding carboxylic acids is 2. The van der Waals surface area contributed by atoms with Gasteiger partial charge in [0.05, 0.1) is 30.7 Å². The maximum absolute atomic E-state index is 13.7. The number of nitrogens with zero attached hydrogens (tertiary/aromatic N) is 1. The summed E-state index contributed by atoms with van der Waals surface area (Å²) in [4.78, 5) is 26.3. The quantitative estimate of drug-likeness (QED) is 0.424. The third-order valence-corrected chi connectivity index (χ3v) is 4.37. The Morgan fingerprint density at radius 3 is 2.68 bits per heavy atom. The van der Waals surface area contributed by atoms with Crippen molar-refractivity contribution in [3.8, 4) is 0 Å². The number of aliphatic hydroxyl groups is 1. The molecule has 0 saturated heterocycles. The van der Waals surface area contributed by atoms with E-state index in [-0.39, 0.29) is 24.5 Å². The third-order valence-electron chi connectivity index (χ3n) is 4.37. The summed E-state index contributed by atoms with van der Waals surface area (Å²) in [6.07, 6.45) is 3.12. The van der Waals surface area contributed by atoms with Gasteiger partial charge in [-0.1, -0.05) is 24.3 Å². The Kier molecular flexibility index (Phi) is 8.56. The van der Waals surface area contributed by atoms with Gasteiger partial charge in [-0.3, -0.25) is 9.59 Å². The number of aliphatic hydroxyl groups excluding tert-OH is 1. The molecule has 2 amide bonds. The minimum atomic E-state index is -0.715. The second-order valence-corrected chi connectivity index (χ2v) is 6.97. The van der Waals surface area contributed by atoms with E-state index >= 15 is 0 Å². The molecule has 2 rings (SSSR count). The summed E-state index contributed by atoms with van der Waals surface area (Å²) in [6, 6.07) is 5.05. The van der Waals surface area contributed by atoms with Crippen molar-refractivity contribution in [1.29, 1.82) is 0 Å². The molecule has 0 radical (unpaired) electrons. The van der Waals surface area contributed by atoms with Crippen molar-refractivity contribution >= 4 is 11.8 Å². The Morgan fingerprint density at radius 1 is 1.25 bits per heavy atom. The van der Waals surface area contributed by atoms with Gasteiger partial charge >= 0.3 is 0 Å². The highest BCUT2D eigenvalue weighted by Gasteiger charge is 2.29. The molecule has 7 nitrogen and oxygen atoms in total. The van der Waals surface area contributed by atoms with Crippen molar-refractivity contribution in [2.75, 3.05) is 33.8 Å². The summed E-state index contributed by atoms with van der Waals surface area (Å²) >= 11 is 0. The van der Waals surface area contributed by atoms with Gasteiger partial charge in [-0.25, -0.2) is 4.39 Å². The van der Waals surface area contributed by atoms with Gasteiger partial charge in [-0.05, 0) is 39.2 Å². The maximum Gasteiger partial charge on any atom is 0.254 e. The molecule has 0 aromatic heterocycles. The van der Waals surface area contributed by atoms with E-state index in [0.29, 0.717) is 6.54 Å². The van der Waals surface area contributed by atoms with Crippen LogP contribution >= 0.6 is 0 Å². The maximum atomic E-state index is 13.7. The molecular formula is C20H28FN3O4. The molecule has 0 unspecified atom stereocenters. The van der Waals surface area contributed by atoms with Crippen LogP contribution in [0.2, 0.25) is 0 Å². The Hall–Kier alpha value is -2.29. The number of hydrogen-bond donors (Lipinski definition) is 3. The standard InChI is InChI=1S/C20H28FN3O4/c1-24(2)11-5-10-22-19(26)12-14-8-9-17(18(13-25)28-14)23-20(27)15-6-3-4-7-16(15)21/h3-4,6-9,14,17-18,25H,5,10-13H2,1-2H3,(H,22,26)(H,23,27)/t14-,17-,18-/m0/s1. The fourth-order valence-corrected chi connectivity index (χ4v) is 2.89. The molecular weight excluding hydrogens is 365 g/mol. The predicted octanol–water partition coefficient (Wildman–Crippen LogP) is 0.698. The predicted molar refractivity (Wildman–Crippen MR) is 103 cm³/mol. The molecule has 3 atom stereocenters. The van der Waals surface area contributed by atoms with Gasteiger partial charge in [0.1, 0.15) is 11.9 Å². The SMILES string of the molecule is CN(C)CCCNC(=O)C[C@@H]1C=C[C@H](NC(=O)c2ccccc2F)[C@H](CO)O1. The fraction of sp³-hybridized carbons (Fsp3) is 0.500. The zero-order valence-corrected chi connectivity index (χ0v) is 16.2. The Bertz CT molecular complexity index is 696. The lowest BCUT2D eigenvalue weighted by Gasteiger charge is -2.31. The minimum absolute atomic E-state index is 0.0770. The zero-order valence-electron chi connectivity index (χ0n) is 16.2. The molecule has 28 heavy (non-hydrogen) atoms. The summed E-state index contributed by atoms with van der Waals surface area (Å²) in [7, 11) is 3.94. The number of amides is 2. The summed E-state index contributed by atoms with van der Waals surface area (Å²) in [6.45, 7) is 1.13. The lowest BCUT2D eigenvalue weighted by atomic mass is 10.0.